The molecule has 8 heteroatoms. The lowest BCUT2D eigenvalue weighted by atomic mass is 10.0. The summed E-state index contributed by atoms with van der Waals surface area (Å²) in [6.07, 6.45) is 1.17. The molecule has 1 fully saturated rings. The Labute approximate surface area is 193 Å². The Bertz CT molecular complexity index is 1180. The van der Waals surface area contributed by atoms with E-state index in [0.29, 0.717) is 30.5 Å². The van der Waals surface area contributed by atoms with E-state index in [-0.39, 0.29) is 29.7 Å². The number of nitrogens with one attached hydrogen (secondary N) is 2. The summed E-state index contributed by atoms with van der Waals surface area (Å²) in [5.74, 6) is -1.23. The van der Waals surface area contributed by atoms with Crippen LogP contribution in [0.5, 0.6) is 5.75 Å². The quantitative estimate of drug-likeness (QED) is 0.502. The highest BCUT2D eigenvalue weighted by atomic mass is 79.9. The van der Waals surface area contributed by atoms with E-state index in [1.807, 2.05) is 12.1 Å². The number of aromatic hydroxyl groups is 1. The van der Waals surface area contributed by atoms with Crippen molar-refractivity contribution in [3.05, 3.63) is 70.7 Å². The van der Waals surface area contributed by atoms with Gasteiger partial charge in [-0.1, -0.05) is 46.3 Å². The van der Waals surface area contributed by atoms with E-state index in [0.717, 1.165) is 9.86 Å². The molecular formula is C24H22BrN3O4. The minimum atomic E-state index is -0.686. The molecule has 0 radical (unpaired) electrons. The van der Waals surface area contributed by atoms with Gasteiger partial charge < -0.3 is 20.6 Å². The Hall–Kier alpha value is -3.39. The van der Waals surface area contributed by atoms with E-state index >= 15 is 0 Å². The normalized spacial score (nSPS) is 15.5. The molecule has 1 aliphatic heterocycles. The van der Waals surface area contributed by atoms with Gasteiger partial charge in [-0.15, -0.1) is 0 Å². The molecule has 0 saturated carbocycles. The minimum absolute atomic E-state index is 0.0898. The molecule has 1 saturated heterocycles. The third-order valence-electron chi connectivity index (χ3n) is 5.50. The van der Waals surface area contributed by atoms with Crippen LogP contribution in [0, 0.1) is 0 Å². The lowest BCUT2D eigenvalue weighted by Gasteiger charge is -2.24. The van der Waals surface area contributed by atoms with Crippen molar-refractivity contribution in [2.45, 2.75) is 18.9 Å². The number of anilines is 1. The Balaban J connectivity index is 1.41. The minimum Gasteiger partial charge on any atom is -0.506 e. The summed E-state index contributed by atoms with van der Waals surface area (Å²) in [5, 5.41) is 17.4. The van der Waals surface area contributed by atoms with Crippen molar-refractivity contribution in [2.24, 2.45) is 0 Å². The number of halogens is 1. The summed E-state index contributed by atoms with van der Waals surface area (Å²) >= 11 is 3.33. The SMILES string of the molecule is O=C(CNC(=O)C1CCCN1C(=O)c1ccc2ccccc2c1O)Nc1ccc(Br)cc1. The summed E-state index contributed by atoms with van der Waals surface area (Å²) < 4.78 is 0.896. The van der Waals surface area contributed by atoms with Gasteiger partial charge in [0.2, 0.25) is 11.8 Å². The van der Waals surface area contributed by atoms with Crippen LogP contribution in [-0.2, 0) is 9.59 Å². The summed E-state index contributed by atoms with van der Waals surface area (Å²) in [6.45, 7) is 0.211. The van der Waals surface area contributed by atoms with Crippen LogP contribution in [0.2, 0.25) is 0 Å². The molecule has 0 spiro atoms. The molecule has 1 heterocycles. The smallest absolute Gasteiger partial charge is 0.258 e. The fourth-order valence-electron chi connectivity index (χ4n) is 3.89. The maximum Gasteiger partial charge on any atom is 0.258 e. The zero-order chi connectivity index (χ0) is 22.7. The Kier molecular flexibility index (Phi) is 6.41. The predicted molar refractivity (Wildman–Crippen MR) is 125 cm³/mol. The number of rotatable bonds is 5. The van der Waals surface area contributed by atoms with Crippen LogP contribution in [-0.4, -0.2) is 46.9 Å². The average molecular weight is 496 g/mol. The molecule has 0 aromatic heterocycles. The van der Waals surface area contributed by atoms with Crippen molar-refractivity contribution in [3.63, 3.8) is 0 Å². The number of phenols is 1. The van der Waals surface area contributed by atoms with Crippen LogP contribution < -0.4 is 10.6 Å². The molecule has 4 rings (SSSR count). The van der Waals surface area contributed by atoms with Crippen LogP contribution in [0.3, 0.4) is 0 Å². The van der Waals surface area contributed by atoms with E-state index in [1.165, 1.54) is 4.90 Å². The second-order valence-electron chi connectivity index (χ2n) is 7.61. The molecule has 0 bridgehead atoms. The number of carbonyl (C=O) groups excluding carboxylic acids is 3. The van der Waals surface area contributed by atoms with Gasteiger partial charge in [0.25, 0.3) is 5.91 Å². The van der Waals surface area contributed by atoms with Crippen molar-refractivity contribution >= 4 is 50.1 Å². The fourth-order valence-corrected chi connectivity index (χ4v) is 4.15. The standard InChI is InChI=1S/C24H22BrN3O4/c25-16-8-10-17(11-9-16)27-21(29)14-26-23(31)20-6-3-13-28(20)24(32)19-12-7-15-4-1-2-5-18(15)22(19)30/h1-2,4-5,7-12,20,30H,3,6,13-14H2,(H,26,31)(H,27,29). The van der Waals surface area contributed by atoms with Gasteiger partial charge in [0.1, 0.15) is 11.8 Å². The highest BCUT2D eigenvalue weighted by Crippen LogP contribution is 2.31. The van der Waals surface area contributed by atoms with Crippen molar-refractivity contribution < 1.29 is 19.5 Å². The molecular weight excluding hydrogens is 474 g/mol. The number of fused-ring (bicyclic) bond motifs is 1. The molecule has 1 atom stereocenters. The molecule has 1 unspecified atom stereocenters. The monoisotopic (exact) mass is 495 g/mol. The maximum absolute atomic E-state index is 13.1. The van der Waals surface area contributed by atoms with Gasteiger partial charge >= 0.3 is 0 Å². The number of phenolic OH excluding ortho intramolecular Hbond substituents is 1. The summed E-state index contributed by atoms with van der Waals surface area (Å²) in [6, 6.07) is 17.0. The summed E-state index contributed by atoms with van der Waals surface area (Å²) in [4.78, 5) is 39.5. The number of hydrogen-bond acceptors (Lipinski definition) is 4. The first-order valence-electron chi connectivity index (χ1n) is 10.3. The van der Waals surface area contributed by atoms with Crippen LogP contribution in [0.15, 0.2) is 65.1 Å². The number of amides is 3. The molecule has 3 aromatic rings. The highest BCUT2D eigenvalue weighted by molar-refractivity contribution is 9.10. The van der Waals surface area contributed by atoms with Crippen LogP contribution in [0.1, 0.15) is 23.2 Å². The molecule has 3 aromatic carbocycles. The third kappa shape index (κ3) is 4.60. The number of nitrogens with zero attached hydrogens (tertiary/aromatic N) is 1. The first kappa shape index (κ1) is 21.8. The molecule has 164 valence electrons. The van der Waals surface area contributed by atoms with E-state index in [2.05, 4.69) is 26.6 Å². The third-order valence-corrected chi connectivity index (χ3v) is 6.03. The molecule has 3 amide bonds. The van der Waals surface area contributed by atoms with Crippen LogP contribution in [0.4, 0.5) is 5.69 Å². The molecule has 1 aliphatic rings. The lowest BCUT2D eigenvalue weighted by molar-refractivity contribution is -0.127. The van der Waals surface area contributed by atoms with Crippen molar-refractivity contribution in [2.75, 3.05) is 18.4 Å². The summed E-state index contributed by atoms with van der Waals surface area (Å²) in [5.41, 5.74) is 0.785. The Morgan fingerprint density at radius 3 is 2.56 bits per heavy atom. The van der Waals surface area contributed by atoms with Gasteiger partial charge in [-0.3, -0.25) is 14.4 Å². The molecule has 32 heavy (non-hydrogen) atoms. The first-order chi connectivity index (χ1) is 15.4. The second kappa shape index (κ2) is 9.40. The average Bonchev–Trinajstić information content (AvgIpc) is 3.29. The molecule has 0 aliphatic carbocycles. The number of carbonyl (C=O) groups is 3. The van der Waals surface area contributed by atoms with Gasteiger partial charge in [0, 0.05) is 22.1 Å². The first-order valence-corrected chi connectivity index (χ1v) is 11.1. The largest absolute Gasteiger partial charge is 0.506 e. The zero-order valence-electron chi connectivity index (χ0n) is 17.2. The summed E-state index contributed by atoms with van der Waals surface area (Å²) in [7, 11) is 0. The predicted octanol–water partition coefficient (Wildman–Crippen LogP) is 3.67. The van der Waals surface area contributed by atoms with E-state index in [1.54, 1.807) is 48.5 Å². The Morgan fingerprint density at radius 2 is 1.78 bits per heavy atom. The van der Waals surface area contributed by atoms with E-state index < -0.39 is 11.9 Å². The maximum atomic E-state index is 13.1. The van der Waals surface area contributed by atoms with Gasteiger partial charge in [-0.25, -0.2) is 0 Å². The van der Waals surface area contributed by atoms with E-state index in [4.69, 9.17) is 0 Å². The second-order valence-corrected chi connectivity index (χ2v) is 8.53. The van der Waals surface area contributed by atoms with Gasteiger partial charge in [0.05, 0.1) is 12.1 Å². The van der Waals surface area contributed by atoms with Crippen molar-refractivity contribution in [3.8, 4) is 5.75 Å². The Morgan fingerprint density at radius 1 is 1.03 bits per heavy atom. The van der Waals surface area contributed by atoms with Gasteiger partial charge in [0.15, 0.2) is 0 Å². The molecule has 3 N–H and O–H groups in total. The number of likely N-dealkylation sites (tertiary alicyclic amines) is 1. The fraction of sp³-hybridized carbons (Fsp3) is 0.208. The van der Waals surface area contributed by atoms with Gasteiger partial charge in [-0.05, 0) is 48.6 Å². The van der Waals surface area contributed by atoms with Gasteiger partial charge in [-0.2, -0.15) is 0 Å². The lowest BCUT2D eigenvalue weighted by Crippen LogP contribution is -2.47. The van der Waals surface area contributed by atoms with Crippen LogP contribution >= 0.6 is 15.9 Å². The van der Waals surface area contributed by atoms with E-state index in [9.17, 15) is 19.5 Å². The highest BCUT2D eigenvalue weighted by Gasteiger charge is 2.35. The van der Waals surface area contributed by atoms with Crippen molar-refractivity contribution in [1.29, 1.82) is 0 Å². The molecule has 7 nitrogen and oxygen atoms in total. The van der Waals surface area contributed by atoms with Crippen LogP contribution in [0.25, 0.3) is 10.8 Å². The topological polar surface area (TPSA) is 98.7 Å². The number of benzene rings is 3. The number of hydrogen-bond donors (Lipinski definition) is 3. The van der Waals surface area contributed by atoms with Crippen molar-refractivity contribution in [1.82, 2.24) is 10.2 Å². The zero-order valence-corrected chi connectivity index (χ0v) is 18.8.